The van der Waals surface area contributed by atoms with Gasteiger partial charge in [-0.2, -0.15) is 0 Å². The van der Waals surface area contributed by atoms with Crippen LogP contribution in [0.2, 0.25) is 0 Å². The number of benzene rings is 2. The van der Waals surface area contributed by atoms with E-state index in [9.17, 15) is 4.79 Å². The number of aryl methyl sites for hydroxylation is 1. The maximum Gasteiger partial charge on any atom is 0.234 e. The van der Waals surface area contributed by atoms with E-state index < -0.39 is 0 Å². The average molecular weight is 477 g/mol. The molecule has 2 aromatic heterocycles. The van der Waals surface area contributed by atoms with Crippen molar-refractivity contribution in [3.8, 4) is 28.3 Å². The molecular weight excluding hydrogens is 452 g/mol. The molecule has 2 heterocycles. The summed E-state index contributed by atoms with van der Waals surface area (Å²) in [6, 6.07) is 17.6. The minimum absolute atomic E-state index is 0.143. The van der Waals surface area contributed by atoms with Gasteiger partial charge < -0.3 is 10.1 Å². The van der Waals surface area contributed by atoms with Gasteiger partial charge in [0.05, 0.1) is 18.6 Å². The van der Waals surface area contributed by atoms with Crippen molar-refractivity contribution in [3.63, 3.8) is 0 Å². The number of nitrogens with one attached hydrogen (secondary N) is 1. The number of methoxy groups -OCH3 is 1. The number of thioether (sulfide) groups is 1. The standard InChI is InChI=1S/C25H24N4O2S2/c1-4-14-29-24(19-15-32-17(2)23(19)18-10-6-5-7-11-18)27-28-25(29)33-16-22(30)26-20-12-8-9-13-21(20)31-3/h4-13,15H,1,14,16H2,2-3H3,(H,26,30). The zero-order valence-electron chi connectivity index (χ0n) is 18.4. The fourth-order valence-corrected chi connectivity index (χ4v) is 5.15. The predicted octanol–water partition coefficient (Wildman–Crippen LogP) is 5.91. The molecule has 4 aromatic rings. The molecule has 0 aliphatic rings. The SMILES string of the molecule is C=CCn1c(SCC(=O)Nc2ccccc2OC)nnc1-c1csc(C)c1-c1ccccc1. The smallest absolute Gasteiger partial charge is 0.234 e. The molecule has 2 aromatic carbocycles. The Bertz CT molecular complexity index is 1260. The van der Waals surface area contributed by atoms with Gasteiger partial charge in [0.1, 0.15) is 5.75 Å². The third-order valence-electron chi connectivity index (χ3n) is 5.02. The molecule has 4 rings (SSSR count). The second-order valence-electron chi connectivity index (χ2n) is 7.19. The van der Waals surface area contributed by atoms with Gasteiger partial charge in [-0.25, -0.2) is 0 Å². The van der Waals surface area contributed by atoms with Gasteiger partial charge in [0.2, 0.25) is 5.91 Å². The maximum absolute atomic E-state index is 12.6. The Hall–Kier alpha value is -3.36. The first-order chi connectivity index (χ1) is 16.1. The molecule has 0 radical (unpaired) electrons. The molecule has 33 heavy (non-hydrogen) atoms. The lowest BCUT2D eigenvalue weighted by Gasteiger charge is -2.11. The molecular formula is C25H24N4O2S2. The van der Waals surface area contributed by atoms with Crippen LogP contribution in [-0.2, 0) is 11.3 Å². The van der Waals surface area contributed by atoms with Crippen LogP contribution in [0.4, 0.5) is 5.69 Å². The second kappa shape index (κ2) is 10.5. The Morgan fingerprint density at radius 3 is 2.70 bits per heavy atom. The molecule has 0 aliphatic carbocycles. The Morgan fingerprint density at radius 2 is 1.94 bits per heavy atom. The monoisotopic (exact) mass is 476 g/mol. The molecule has 0 saturated carbocycles. The van der Waals surface area contributed by atoms with E-state index >= 15 is 0 Å². The van der Waals surface area contributed by atoms with E-state index in [1.165, 1.54) is 16.6 Å². The quantitative estimate of drug-likeness (QED) is 0.240. The van der Waals surface area contributed by atoms with Gasteiger partial charge in [0.15, 0.2) is 11.0 Å². The summed E-state index contributed by atoms with van der Waals surface area (Å²) >= 11 is 3.03. The third kappa shape index (κ3) is 5.02. The van der Waals surface area contributed by atoms with Crippen molar-refractivity contribution in [1.82, 2.24) is 14.8 Å². The highest BCUT2D eigenvalue weighted by molar-refractivity contribution is 7.99. The number of ether oxygens (including phenoxy) is 1. The van der Waals surface area contributed by atoms with E-state index in [-0.39, 0.29) is 11.7 Å². The number of carbonyl (C=O) groups excluding carboxylic acids is 1. The summed E-state index contributed by atoms with van der Waals surface area (Å²) in [5, 5.41) is 14.6. The summed E-state index contributed by atoms with van der Waals surface area (Å²) in [6.45, 7) is 6.55. The molecule has 0 unspecified atom stereocenters. The number of aromatic nitrogens is 3. The highest BCUT2D eigenvalue weighted by Crippen LogP contribution is 2.39. The van der Waals surface area contributed by atoms with Crippen molar-refractivity contribution >= 4 is 34.7 Å². The number of carbonyl (C=O) groups is 1. The predicted molar refractivity (Wildman–Crippen MR) is 136 cm³/mol. The summed E-state index contributed by atoms with van der Waals surface area (Å²) < 4.78 is 7.31. The fraction of sp³-hybridized carbons (Fsp3) is 0.160. The molecule has 0 spiro atoms. The number of hydrogen-bond acceptors (Lipinski definition) is 6. The van der Waals surface area contributed by atoms with Gasteiger partial charge in [-0.05, 0) is 24.6 Å². The Labute approximate surface area is 201 Å². The lowest BCUT2D eigenvalue weighted by atomic mass is 10.0. The van der Waals surface area contributed by atoms with Crippen LogP contribution < -0.4 is 10.1 Å². The number of nitrogens with zero attached hydrogens (tertiary/aromatic N) is 3. The lowest BCUT2D eigenvalue weighted by Crippen LogP contribution is -2.15. The molecule has 1 amide bonds. The molecule has 1 N–H and O–H groups in total. The number of para-hydroxylation sites is 2. The first kappa shape index (κ1) is 22.8. The van der Waals surface area contributed by atoms with E-state index in [0.29, 0.717) is 23.1 Å². The molecule has 0 fully saturated rings. The summed E-state index contributed by atoms with van der Waals surface area (Å²) in [5.74, 6) is 1.44. The van der Waals surface area contributed by atoms with Gasteiger partial charge in [-0.15, -0.1) is 28.1 Å². The first-order valence-electron chi connectivity index (χ1n) is 10.4. The van der Waals surface area contributed by atoms with Crippen LogP contribution in [0.15, 0.2) is 77.8 Å². The zero-order chi connectivity index (χ0) is 23.2. The molecule has 0 saturated heterocycles. The van der Waals surface area contributed by atoms with Crippen LogP contribution in [0.1, 0.15) is 4.88 Å². The molecule has 6 nitrogen and oxygen atoms in total. The zero-order valence-corrected chi connectivity index (χ0v) is 20.1. The first-order valence-corrected chi connectivity index (χ1v) is 12.2. The highest BCUT2D eigenvalue weighted by atomic mass is 32.2. The Balaban J connectivity index is 1.57. The van der Waals surface area contributed by atoms with Gasteiger partial charge >= 0.3 is 0 Å². The van der Waals surface area contributed by atoms with Gasteiger partial charge in [0, 0.05) is 27.9 Å². The van der Waals surface area contributed by atoms with Crippen LogP contribution in [0, 0.1) is 6.92 Å². The van der Waals surface area contributed by atoms with Gasteiger partial charge in [-0.1, -0.05) is 60.3 Å². The van der Waals surface area contributed by atoms with Crippen LogP contribution in [-0.4, -0.2) is 33.5 Å². The minimum Gasteiger partial charge on any atom is -0.495 e. The van der Waals surface area contributed by atoms with E-state index in [4.69, 9.17) is 4.74 Å². The molecule has 8 heteroatoms. The molecule has 0 bridgehead atoms. The van der Waals surface area contributed by atoms with E-state index in [1.54, 1.807) is 18.4 Å². The lowest BCUT2D eigenvalue weighted by molar-refractivity contribution is -0.113. The molecule has 0 aliphatic heterocycles. The van der Waals surface area contributed by atoms with Crippen LogP contribution in [0.3, 0.4) is 0 Å². The number of thiophene rings is 1. The van der Waals surface area contributed by atoms with E-state index in [0.717, 1.165) is 22.5 Å². The van der Waals surface area contributed by atoms with Crippen molar-refractivity contribution in [1.29, 1.82) is 0 Å². The summed E-state index contributed by atoms with van der Waals surface area (Å²) in [6.07, 6.45) is 1.81. The highest BCUT2D eigenvalue weighted by Gasteiger charge is 2.20. The largest absolute Gasteiger partial charge is 0.495 e. The fourth-order valence-electron chi connectivity index (χ4n) is 3.54. The van der Waals surface area contributed by atoms with Crippen LogP contribution in [0.25, 0.3) is 22.5 Å². The van der Waals surface area contributed by atoms with Crippen molar-refractivity contribution < 1.29 is 9.53 Å². The van der Waals surface area contributed by atoms with Crippen molar-refractivity contribution in [2.75, 3.05) is 18.2 Å². The third-order valence-corrected chi connectivity index (χ3v) is 6.90. The number of anilines is 1. The van der Waals surface area contributed by atoms with Gasteiger partial charge in [-0.3, -0.25) is 9.36 Å². The van der Waals surface area contributed by atoms with Gasteiger partial charge in [0.25, 0.3) is 0 Å². The number of rotatable bonds is 9. The number of amides is 1. The van der Waals surface area contributed by atoms with Crippen molar-refractivity contribution in [3.05, 3.63) is 77.5 Å². The van der Waals surface area contributed by atoms with E-state index in [2.05, 4.69) is 46.5 Å². The maximum atomic E-state index is 12.6. The van der Waals surface area contributed by atoms with Crippen molar-refractivity contribution in [2.24, 2.45) is 0 Å². The summed E-state index contributed by atoms with van der Waals surface area (Å²) in [7, 11) is 1.58. The molecule has 168 valence electrons. The normalized spacial score (nSPS) is 10.7. The number of allylic oxidation sites excluding steroid dienone is 1. The second-order valence-corrected chi connectivity index (χ2v) is 9.22. The van der Waals surface area contributed by atoms with E-state index in [1.807, 2.05) is 53.1 Å². The topological polar surface area (TPSA) is 69.0 Å². The average Bonchev–Trinajstić information content (AvgIpc) is 3.41. The van der Waals surface area contributed by atoms with Crippen molar-refractivity contribution in [2.45, 2.75) is 18.6 Å². The Morgan fingerprint density at radius 1 is 1.18 bits per heavy atom. The summed E-state index contributed by atoms with van der Waals surface area (Å²) in [5.41, 5.74) is 3.97. The minimum atomic E-state index is -0.143. The number of hydrogen-bond donors (Lipinski definition) is 1. The Kier molecular flexibility index (Phi) is 7.26. The van der Waals surface area contributed by atoms with Crippen LogP contribution in [0.5, 0.6) is 5.75 Å². The summed E-state index contributed by atoms with van der Waals surface area (Å²) in [4.78, 5) is 13.8. The molecule has 0 atom stereocenters. The van der Waals surface area contributed by atoms with Crippen LogP contribution >= 0.6 is 23.1 Å².